The minimum Gasteiger partial charge on any atom is -0.399 e. The van der Waals surface area contributed by atoms with Crippen molar-refractivity contribution >= 4 is 24.6 Å². The van der Waals surface area contributed by atoms with E-state index in [0.29, 0.717) is 11.4 Å². The fourth-order valence-electron chi connectivity index (χ4n) is 4.66. The van der Waals surface area contributed by atoms with Crippen LogP contribution in [0.1, 0.15) is 44.4 Å². The van der Waals surface area contributed by atoms with Crippen LogP contribution in [0.15, 0.2) is 110 Å². The lowest BCUT2D eigenvalue weighted by molar-refractivity contribution is 0.00578. The molecule has 188 valence electrons. The highest BCUT2D eigenvalue weighted by atomic mass is 16.7. The SMILES string of the molecule is C=C/C=C(\C=C)C(Nc1nccc(B2OC(C)(C)C(C)(C)O2)c1C=N)(c1ccccc1)c1ccccc1. The van der Waals surface area contributed by atoms with E-state index in [2.05, 4.69) is 42.7 Å². The van der Waals surface area contributed by atoms with E-state index in [4.69, 9.17) is 19.7 Å². The van der Waals surface area contributed by atoms with Crippen molar-refractivity contribution in [1.82, 2.24) is 4.98 Å². The summed E-state index contributed by atoms with van der Waals surface area (Å²) in [6.07, 6.45) is 8.56. The van der Waals surface area contributed by atoms with Crippen LogP contribution < -0.4 is 10.8 Å². The molecule has 1 fully saturated rings. The van der Waals surface area contributed by atoms with Crippen molar-refractivity contribution in [2.24, 2.45) is 0 Å². The number of anilines is 1. The lowest BCUT2D eigenvalue weighted by Crippen LogP contribution is -2.41. The number of rotatable bonds is 9. The number of allylic oxidation sites excluding steroid dienone is 2. The van der Waals surface area contributed by atoms with Crippen LogP contribution in [0, 0.1) is 5.41 Å². The average Bonchev–Trinajstić information content (AvgIpc) is 3.13. The summed E-state index contributed by atoms with van der Waals surface area (Å²) in [4.78, 5) is 4.71. The van der Waals surface area contributed by atoms with Gasteiger partial charge in [0.05, 0.1) is 11.2 Å². The van der Waals surface area contributed by atoms with Crippen LogP contribution in [0.25, 0.3) is 0 Å². The fourth-order valence-corrected chi connectivity index (χ4v) is 4.66. The third-order valence-corrected chi connectivity index (χ3v) is 7.35. The molecule has 0 amide bonds. The highest BCUT2D eigenvalue weighted by molar-refractivity contribution is 6.63. The average molecular weight is 491 g/mol. The Hall–Kier alpha value is -3.74. The van der Waals surface area contributed by atoms with Crippen molar-refractivity contribution in [1.29, 1.82) is 5.41 Å². The molecule has 0 unspecified atom stereocenters. The van der Waals surface area contributed by atoms with Gasteiger partial charge in [-0.3, -0.25) is 0 Å². The molecule has 1 aromatic heterocycles. The molecule has 3 aromatic rings. The van der Waals surface area contributed by atoms with E-state index in [-0.39, 0.29) is 0 Å². The number of hydrogen-bond acceptors (Lipinski definition) is 5. The summed E-state index contributed by atoms with van der Waals surface area (Å²) in [5.41, 5.74) is 2.34. The van der Waals surface area contributed by atoms with Crippen LogP contribution in [-0.2, 0) is 14.8 Å². The molecular formula is C31H34BN3O2. The maximum absolute atomic E-state index is 8.37. The molecule has 6 heteroatoms. The molecule has 1 aliphatic heterocycles. The summed E-state index contributed by atoms with van der Waals surface area (Å²) < 4.78 is 12.7. The third-order valence-electron chi connectivity index (χ3n) is 7.35. The van der Waals surface area contributed by atoms with Crippen molar-refractivity contribution in [3.63, 3.8) is 0 Å². The molecule has 4 rings (SSSR count). The maximum atomic E-state index is 8.37. The summed E-state index contributed by atoms with van der Waals surface area (Å²) in [6, 6.07) is 22.2. The molecule has 2 aromatic carbocycles. The Morgan fingerprint density at radius 1 is 0.919 bits per heavy atom. The highest BCUT2D eigenvalue weighted by Gasteiger charge is 2.52. The molecule has 5 nitrogen and oxygen atoms in total. The number of aromatic nitrogens is 1. The van der Waals surface area contributed by atoms with Gasteiger partial charge in [-0.15, -0.1) is 0 Å². The summed E-state index contributed by atoms with van der Waals surface area (Å²) in [5, 5.41) is 12.1. The number of benzene rings is 2. The summed E-state index contributed by atoms with van der Waals surface area (Å²) in [6.45, 7) is 16.1. The Labute approximate surface area is 220 Å². The second-order valence-electron chi connectivity index (χ2n) is 10.1. The summed E-state index contributed by atoms with van der Waals surface area (Å²) in [7, 11) is -0.629. The van der Waals surface area contributed by atoms with Gasteiger partial charge in [-0.2, -0.15) is 0 Å². The first kappa shape index (κ1) is 26.3. The molecule has 0 bridgehead atoms. The van der Waals surface area contributed by atoms with Crippen LogP contribution >= 0.6 is 0 Å². The minimum atomic E-state index is -0.863. The van der Waals surface area contributed by atoms with E-state index in [1.807, 2.05) is 82.3 Å². The Morgan fingerprint density at radius 2 is 1.46 bits per heavy atom. The molecule has 0 spiro atoms. The van der Waals surface area contributed by atoms with Gasteiger partial charge >= 0.3 is 7.12 Å². The Kier molecular flexibility index (Phi) is 7.35. The molecule has 1 saturated heterocycles. The first-order valence-electron chi connectivity index (χ1n) is 12.4. The van der Waals surface area contributed by atoms with Gasteiger partial charge < -0.3 is 20.0 Å². The van der Waals surface area contributed by atoms with Crippen molar-refractivity contribution in [3.05, 3.63) is 127 Å². The number of nitrogens with one attached hydrogen (secondary N) is 2. The van der Waals surface area contributed by atoms with Gasteiger partial charge in [0.1, 0.15) is 11.4 Å². The van der Waals surface area contributed by atoms with Gasteiger partial charge in [0, 0.05) is 18.0 Å². The van der Waals surface area contributed by atoms with E-state index < -0.39 is 23.9 Å². The predicted octanol–water partition coefficient (Wildman–Crippen LogP) is 6.03. The third kappa shape index (κ3) is 4.70. The standard InChI is InChI=1S/C31H34BN3O2/c1-7-15-23(8-2)31(24-16-11-9-12-17-24,25-18-13-10-14-19-25)35-28-26(22-33)27(20-21-34-28)32-36-29(3,4)30(5,6)37-32/h7-22,33H,1-2H2,3-6H3,(H,34,35)/b23-15+,33-22?. The molecular weight excluding hydrogens is 457 g/mol. The normalized spacial score (nSPS) is 16.8. The fraction of sp³-hybridized carbons (Fsp3) is 0.226. The Bertz CT molecular complexity index is 1260. The van der Waals surface area contributed by atoms with Crippen molar-refractivity contribution in [2.75, 3.05) is 5.32 Å². The van der Waals surface area contributed by atoms with Crippen molar-refractivity contribution < 1.29 is 9.31 Å². The highest BCUT2D eigenvalue weighted by Crippen LogP contribution is 2.41. The maximum Gasteiger partial charge on any atom is 0.495 e. The van der Waals surface area contributed by atoms with E-state index in [1.54, 1.807) is 12.3 Å². The number of hydrogen-bond donors (Lipinski definition) is 2. The molecule has 0 atom stereocenters. The first-order valence-corrected chi connectivity index (χ1v) is 12.4. The molecule has 0 aliphatic carbocycles. The van der Waals surface area contributed by atoms with E-state index in [9.17, 15) is 0 Å². The van der Waals surface area contributed by atoms with Crippen molar-refractivity contribution in [3.8, 4) is 0 Å². The molecule has 1 aliphatic rings. The lowest BCUT2D eigenvalue weighted by Gasteiger charge is -2.38. The van der Waals surface area contributed by atoms with Crippen LogP contribution in [-0.4, -0.2) is 29.5 Å². The molecule has 2 N–H and O–H groups in total. The van der Waals surface area contributed by atoms with Crippen LogP contribution in [0.4, 0.5) is 5.82 Å². The van der Waals surface area contributed by atoms with Crippen molar-refractivity contribution in [2.45, 2.75) is 44.4 Å². The molecule has 0 saturated carbocycles. The Morgan fingerprint density at radius 3 is 1.92 bits per heavy atom. The monoisotopic (exact) mass is 491 g/mol. The molecule has 0 radical (unpaired) electrons. The smallest absolute Gasteiger partial charge is 0.399 e. The zero-order chi connectivity index (χ0) is 26.7. The second-order valence-corrected chi connectivity index (χ2v) is 10.1. The number of nitrogens with zero attached hydrogens (tertiary/aromatic N) is 1. The summed E-state index contributed by atoms with van der Waals surface area (Å²) >= 11 is 0. The predicted molar refractivity (Wildman–Crippen MR) is 154 cm³/mol. The zero-order valence-corrected chi connectivity index (χ0v) is 22.0. The van der Waals surface area contributed by atoms with E-state index >= 15 is 0 Å². The van der Waals surface area contributed by atoms with Crippen LogP contribution in [0.3, 0.4) is 0 Å². The largest absolute Gasteiger partial charge is 0.495 e. The van der Waals surface area contributed by atoms with Crippen LogP contribution in [0.5, 0.6) is 0 Å². The van der Waals surface area contributed by atoms with Gasteiger partial charge in [-0.25, -0.2) is 4.98 Å². The minimum absolute atomic E-state index is 0.506. The first-order chi connectivity index (χ1) is 17.7. The molecule has 2 heterocycles. The van der Waals surface area contributed by atoms with Gasteiger partial charge in [-0.1, -0.05) is 92.0 Å². The van der Waals surface area contributed by atoms with E-state index in [0.717, 1.165) is 22.2 Å². The van der Waals surface area contributed by atoms with Gasteiger partial charge in [0.15, 0.2) is 0 Å². The van der Waals surface area contributed by atoms with Gasteiger partial charge in [0.2, 0.25) is 0 Å². The number of pyridine rings is 1. The van der Waals surface area contributed by atoms with Gasteiger partial charge in [-0.05, 0) is 55.9 Å². The Balaban J connectivity index is 1.94. The van der Waals surface area contributed by atoms with E-state index in [1.165, 1.54) is 6.21 Å². The van der Waals surface area contributed by atoms with Crippen LogP contribution in [0.2, 0.25) is 0 Å². The van der Waals surface area contributed by atoms with Gasteiger partial charge in [0.25, 0.3) is 0 Å². The summed E-state index contributed by atoms with van der Waals surface area (Å²) in [5.74, 6) is 0.534. The topological polar surface area (TPSA) is 67.2 Å². The quantitative estimate of drug-likeness (QED) is 0.218. The zero-order valence-electron chi connectivity index (χ0n) is 22.0. The molecule has 37 heavy (non-hydrogen) atoms. The lowest BCUT2D eigenvalue weighted by atomic mass is 9.74. The second kappa shape index (κ2) is 10.3.